The zero-order valence-electron chi connectivity index (χ0n) is 9.21. The summed E-state index contributed by atoms with van der Waals surface area (Å²) in [7, 11) is 0. The Hall–Kier alpha value is -1.95. The van der Waals surface area contributed by atoms with Crippen LogP contribution in [0.15, 0.2) is 46.7 Å². The highest BCUT2D eigenvalue weighted by atomic mass is 32.2. The maximum atomic E-state index is 12.6. The van der Waals surface area contributed by atoms with Gasteiger partial charge in [-0.2, -0.15) is 0 Å². The summed E-state index contributed by atoms with van der Waals surface area (Å²) in [6.45, 7) is 0. The quantitative estimate of drug-likeness (QED) is 0.859. The zero-order chi connectivity index (χ0) is 13.0. The molecule has 1 heterocycles. The van der Waals surface area contributed by atoms with Crippen LogP contribution in [-0.2, 0) is 11.2 Å². The average Bonchev–Trinajstić information content (AvgIpc) is 2.34. The fourth-order valence-corrected chi connectivity index (χ4v) is 2.00. The van der Waals surface area contributed by atoms with Crippen LogP contribution in [-0.4, -0.2) is 21.0 Å². The topological polar surface area (TPSA) is 63.1 Å². The summed E-state index contributed by atoms with van der Waals surface area (Å²) >= 11 is 1.29. The molecule has 0 aliphatic carbocycles. The fraction of sp³-hybridized carbons (Fsp3) is 0.0833. The van der Waals surface area contributed by atoms with E-state index >= 15 is 0 Å². The number of benzene rings is 1. The summed E-state index contributed by atoms with van der Waals surface area (Å²) < 4.78 is 12.6. The van der Waals surface area contributed by atoms with Crippen LogP contribution in [0.4, 0.5) is 4.39 Å². The number of halogens is 1. The number of hydrogen-bond donors (Lipinski definition) is 1. The number of nitrogens with zero attached hydrogens (tertiary/aromatic N) is 2. The average molecular weight is 264 g/mol. The minimum absolute atomic E-state index is 0.00199. The van der Waals surface area contributed by atoms with Crippen molar-refractivity contribution in [3.8, 4) is 0 Å². The molecule has 2 aromatic rings. The molecule has 0 amide bonds. The smallest absolute Gasteiger partial charge is 0.307 e. The first-order chi connectivity index (χ1) is 8.63. The molecular formula is C12H9FN2O2S. The number of carboxylic acid groups (broad SMARTS) is 1. The van der Waals surface area contributed by atoms with Crippen LogP contribution in [0.1, 0.15) is 5.56 Å². The third-order valence-corrected chi connectivity index (χ3v) is 2.99. The minimum Gasteiger partial charge on any atom is -0.481 e. The number of aromatic nitrogens is 2. The number of aliphatic carboxylic acids is 1. The van der Waals surface area contributed by atoms with Crippen molar-refractivity contribution in [3.63, 3.8) is 0 Å². The van der Waals surface area contributed by atoms with E-state index in [2.05, 4.69) is 9.97 Å². The van der Waals surface area contributed by atoms with Crippen molar-refractivity contribution in [3.05, 3.63) is 48.0 Å². The van der Waals surface area contributed by atoms with Crippen LogP contribution >= 0.6 is 11.8 Å². The molecule has 0 atom stereocenters. The van der Waals surface area contributed by atoms with Gasteiger partial charge in [0.25, 0.3) is 0 Å². The van der Waals surface area contributed by atoms with Crippen molar-refractivity contribution in [1.82, 2.24) is 9.97 Å². The minimum atomic E-state index is -0.864. The van der Waals surface area contributed by atoms with Crippen LogP contribution in [0.5, 0.6) is 0 Å². The predicted molar refractivity (Wildman–Crippen MR) is 63.9 cm³/mol. The van der Waals surface area contributed by atoms with Gasteiger partial charge in [0.2, 0.25) is 0 Å². The predicted octanol–water partition coefficient (Wildman–Crippen LogP) is 2.39. The van der Waals surface area contributed by atoms with Gasteiger partial charge in [-0.3, -0.25) is 4.79 Å². The maximum Gasteiger partial charge on any atom is 0.307 e. The maximum absolute atomic E-state index is 12.6. The summed E-state index contributed by atoms with van der Waals surface area (Å²) in [5, 5.41) is 9.08. The normalized spacial score (nSPS) is 10.3. The molecule has 0 radical (unpaired) electrons. The van der Waals surface area contributed by atoms with Crippen molar-refractivity contribution < 1.29 is 14.3 Å². The second-order valence-electron chi connectivity index (χ2n) is 3.50. The molecule has 1 aromatic heterocycles. The molecule has 92 valence electrons. The van der Waals surface area contributed by atoms with Gasteiger partial charge in [-0.1, -0.05) is 12.1 Å². The molecule has 0 fully saturated rings. The van der Waals surface area contributed by atoms with Gasteiger partial charge in [-0.25, -0.2) is 14.4 Å². The Morgan fingerprint density at radius 3 is 2.39 bits per heavy atom. The molecule has 0 aliphatic heterocycles. The third kappa shape index (κ3) is 3.53. The molecule has 0 saturated carbocycles. The monoisotopic (exact) mass is 264 g/mol. The molecule has 4 nitrogen and oxygen atoms in total. The van der Waals surface area contributed by atoms with E-state index < -0.39 is 11.8 Å². The lowest BCUT2D eigenvalue weighted by Crippen LogP contribution is -1.99. The van der Waals surface area contributed by atoms with E-state index in [0.717, 1.165) is 22.9 Å². The van der Waals surface area contributed by atoms with Crippen molar-refractivity contribution in [2.75, 3.05) is 0 Å². The Morgan fingerprint density at radius 1 is 1.22 bits per heavy atom. The van der Waals surface area contributed by atoms with Gasteiger partial charge < -0.3 is 5.11 Å². The van der Waals surface area contributed by atoms with E-state index in [4.69, 9.17) is 5.11 Å². The highest BCUT2D eigenvalue weighted by Crippen LogP contribution is 2.24. The SMILES string of the molecule is O=C(O)Cc1ccc(Sc2ncc(F)cn2)cc1. The van der Waals surface area contributed by atoms with Crippen LogP contribution in [0.25, 0.3) is 0 Å². The second-order valence-corrected chi connectivity index (χ2v) is 4.54. The summed E-state index contributed by atoms with van der Waals surface area (Å²) in [5.41, 5.74) is 0.729. The van der Waals surface area contributed by atoms with Crippen LogP contribution in [0.3, 0.4) is 0 Å². The molecular weight excluding hydrogens is 255 g/mol. The van der Waals surface area contributed by atoms with E-state index in [1.165, 1.54) is 11.8 Å². The standard InChI is InChI=1S/C12H9FN2O2S/c13-9-6-14-12(15-7-9)18-10-3-1-8(2-4-10)5-11(16)17/h1-4,6-7H,5H2,(H,16,17). The lowest BCUT2D eigenvalue weighted by atomic mass is 10.2. The first-order valence-corrected chi connectivity index (χ1v) is 5.91. The van der Waals surface area contributed by atoms with Gasteiger partial charge in [0, 0.05) is 4.90 Å². The number of carboxylic acids is 1. The molecule has 0 unspecified atom stereocenters. The van der Waals surface area contributed by atoms with Crippen LogP contribution in [0, 0.1) is 5.82 Å². The van der Waals surface area contributed by atoms with Gasteiger partial charge in [0.1, 0.15) is 0 Å². The molecule has 0 saturated heterocycles. The van der Waals surface area contributed by atoms with E-state index in [9.17, 15) is 9.18 Å². The van der Waals surface area contributed by atoms with Crippen molar-refractivity contribution in [2.45, 2.75) is 16.5 Å². The molecule has 18 heavy (non-hydrogen) atoms. The first kappa shape index (κ1) is 12.5. The Kier molecular flexibility index (Phi) is 3.88. The van der Waals surface area contributed by atoms with Crippen molar-refractivity contribution in [2.24, 2.45) is 0 Å². The van der Waals surface area contributed by atoms with E-state index in [-0.39, 0.29) is 6.42 Å². The van der Waals surface area contributed by atoms with Gasteiger partial charge in [-0.15, -0.1) is 0 Å². The molecule has 6 heteroatoms. The van der Waals surface area contributed by atoms with Gasteiger partial charge in [0.05, 0.1) is 18.8 Å². The largest absolute Gasteiger partial charge is 0.481 e. The molecule has 1 N–H and O–H groups in total. The highest BCUT2D eigenvalue weighted by molar-refractivity contribution is 7.99. The van der Waals surface area contributed by atoms with Crippen molar-refractivity contribution >= 4 is 17.7 Å². The summed E-state index contributed by atoms with van der Waals surface area (Å²) in [6, 6.07) is 7.05. The lowest BCUT2D eigenvalue weighted by molar-refractivity contribution is -0.136. The van der Waals surface area contributed by atoms with Crippen LogP contribution < -0.4 is 0 Å². The Morgan fingerprint density at radius 2 is 1.83 bits per heavy atom. The van der Waals surface area contributed by atoms with E-state index in [0.29, 0.717) is 5.16 Å². The van der Waals surface area contributed by atoms with Crippen LogP contribution in [0.2, 0.25) is 0 Å². The highest BCUT2D eigenvalue weighted by Gasteiger charge is 2.03. The summed E-state index contributed by atoms with van der Waals surface area (Å²) in [5.74, 6) is -1.34. The summed E-state index contributed by atoms with van der Waals surface area (Å²) in [6.07, 6.45) is 2.21. The van der Waals surface area contributed by atoms with Gasteiger partial charge >= 0.3 is 5.97 Å². The second kappa shape index (κ2) is 5.59. The Balaban J connectivity index is 2.06. The molecule has 0 aliphatic rings. The van der Waals surface area contributed by atoms with E-state index in [1.54, 1.807) is 24.3 Å². The Labute approximate surface area is 107 Å². The van der Waals surface area contributed by atoms with Gasteiger partial charge in [-0.05, 0) is 29.5 Å². The van der Waals surface area contributed by atoms with Gasteiger partial charge in [0.15, 0.2) is 11.0 Å². The van der Waals surface area contributed by atoms with Crippen molar-refractivity contribution in [1.29, 1.82) is 0 Å². The fourth-order valence-electron chi connectivity index (χ4n) is 1.31. The molecule has 0 spiro atoms. The number of hydrogen-bond acceptors (Lipinski definition) is 4. The molecule has 1 aromatic carbocycles. The number of rotatable bonds is 4. The third-order valence-electron chi connectivity index (χ3n) is 2.08. The lowest BCUT2D eigenvalue weighted by Gasteiger charge is -2.01. The number of carbonyl (C=O) groups is 1. The molecule has 2 rings (SSSR count). The summed E-state index contributed by atoms with van der Waals surface area (Å²) in [4.78, 5) is 19.0. The Bertz CT molecular complexity index is 543. The first-order valence-electron chi connectivity index (χ1n) is 5.09. The molecule has 0 bridgehead atoms. The van der Waals surface area contributed by atoms with E-state index in [1.807, 2.05) is 0 Å². The zero-order valence-corrected chi connectivity index (χ0v) is 10.0.